The largest absolute Gasteiger partial charge is 0.494 e. The Hall–Kier alpha value is -1.06. The summed E-state index contributed by atoms with van der Waals surface area (Å²) < 4.78 is 5.43. The Morgan fingerprint density at radius 1 is 1.19 bits per heavy atom. The second-order valence-electron chi connectivity index (χ2n) is 6.37. The van der Waals surface area contributed by atoms with Crippen molar-refractivity contribution in [2.75, 3.05) is 20.2 Å². The predicted molar refractivity (Wildman–Crippen MR) is 86.6 cm³/mol. The standard InChI is InChI=1S/C18H29NO2/c1-4-21-17-11-7-15(8-12-17)18(20)13-19(3)16-9-5-14(2)6-10-16/h7-8,11-12,14,16,18,20H,4-6,9-10,13H2,1-3H3. The normalized spacial score (nSPS) is 24.0. The SMILES string of the molecule is CCOc1ccc(C(O)CN(C)C2CCC(C)CC2)cc1. The molecule has 1 N–H and O–H groups in total. The van der Waals surface area contributed by atoms with Crippen LogP contribution >= 0.6 is 0 Å². The van der Waals surface area contributed by atoms with E-state index in [1.165, 1.54) is 25.7 Å². The van der Waals surface area contributed by atoms with E-state index in [1.54, 1.807) is 0 Å². The molecule has 1 aliphatic carbocycles. The predicted octanol–water partition coefficient (Wildman–Crippen LogP) is 3.63. The molecule has 0 radical (unpaired) electrons. The van der Waals surface area contributed by atoms with Gasteiger partial charge in [0.1, 0.15) is 5.75 Å². The van der Waals surface area contributed by atoms with E-state index in [4.69, 9.17) is 4.74 Å². The van der Waals surface area contributed by atoms with Crippen LogP contribution in [-0.2, 0) is 0 Å². The zero-order valence-corrected chi connectivity index (χ0v) is 13.6. The molecule has 2 rings (SSSR count). The second kappa shape index (κ2) is 7.81. The number of aliphatic hydroxyl groups is 1. The van der Waals surface area contributed by atoms with Crippen LogP contribution in [-0.4, -0.2) is 36.2 Å². The van der Waals surface area contributed by atoms with Crippen LogP contribution in [0.1, 0.15) is 51.2 Å². The van der Waals surface area contributed by atoms with Gasteiger partial charge in [0.05, 0.1) is 12.7 Å². The summed E-state index contributed by atoms with van der Waals surface area (Å²) in [4.78, 5) is 2.33. The van der Waals surface area contributed by atoms with Crippen LogP contribution in [0.5, 0.6) is 5.75 Å². The fourth-order valence-corrected chi connectivity index (χ4v) is 3.16. The first kappa shape index (κ1) is 16.3. The first-order valence-corrected chi connectivity index (χ1v) is 8.21. The average Bonchev–Trinajstić information content (AvgIpc) is 2.49. The summed E-state index contributed by atoms with van der Waals surface area (Å²) in [5, 5.41) is 10.4. The molecule has 0 spiro atoms. The lowest BCUT2D eigenvalue weighted by Gasteiger charge is -2.34. The molecule has 1 aromatic carbocycles. The third-order valence-corrected chi connectivity index (χ3v) is 4.65. The van der Waals surface area contributed by atoms with E-state index in [1.807, 2.05) is 31.2 Å². The van der Waals surface area contributed by atoms with E-state index in [2.05, 4.69) is 18.9 Å². The minimum Gasteiger partial charge on any atom is -0.494 e. The average molecular weight is 291 g/mol. The van der Waals surface area contributed by atoms with Gasteiger partial charge in [-0.15, -0.1) is 0 Å². The van der Waals surface area contributed by atoms with Crippen molar-refractivity contribution < 1.29 is 9.84 Å². The van der Waals surface area contributed by atoms with Crippen molar-refractivity contribution in [3.05, 3.63) is 29.8 Å². The van der Waals surface area contributed by atoms with Crippen LogP contribution in [0.4, 0.5) is 0 Å². The van der Waals surface area contributed by atoms with Crippen molar-refractivity contribution in [1.82, 2.24) is 4.90 Å². The molecular weight excluding hydrogens is 262 g/mol. The fourth-order valence-electron chi connectivity index (χ4n) is 3.16. The number of aliphatic hydroxyl groups excluding tert-OH is 1. The van der Waals surface area contributed by atoms with Gasteiger partial charge >= 0.3 is 0 Å². The van der Waals surface area contributed by atoms with E-state index in [0.29, 0.717) is 19.2 Å². The first-order valence-electron chi connectivity index (χ1n) is 8.21. The molecule has 1 fully saturated rings. The number of likely N-dealkylation sites (N-methyl/N-ethyl adjacent to an activating group) is 1. The van der Waals surface area contributed by atoms with Crippen LogP contribution in [0.3, 0.4) is 0 Å². The Morgan fingerprint density at radius 3 is 2.38 bits per heavy atom. The highest BCUT2D eigenvalue weighted by molar-refractivity contribution is 5.28. The van der Waals surface area contributed by atoms with Crippen LogP contribution in [0.25, 0.3) is 0 Å². The van der Waals surface area contributed by atoms with Gasteiger partial charge in [-0.25, -0.2) is 0 Å². The maximum atomic E-state index is 10.4. The molecule has 21 heavy (non-hydrogen) atoms. The van der Waals surface area contributed by atoms with Crippen molar-refractivity contribution in [1.29, 1.82) is 0 Å². The third-order valence-electron chi connectivity index (χ3n) is 4.65. The fraction of sp³-hybridized carbons (Fsp3) is 0.667. The molecule has 3 heteroatoms. The smallest absolute Gasteiger partial charge is 0.119 e. The second-order valence-corrected chi connectivity index (χ2v) is 6.37. The van der Waals surface area contributed by atoms with E-state index in [9.17, 15) is 5.11 Å². The maximum Gasteiger partial charge on any atom is 0.119 e. The van der Waals surface area contributed by atoms with E-state index < -0.39 is 6.10 Å². The molecule has 1 aromatic rings. The zero-order valence-electron chi connectivity index (χ0n) is 13.6. The Bertz CT molecular complexity index is 410. The van der Waals surface area contributed by atoms with Gasteiger partial charge in [-0.05, 0) is 63.3 Å². The van der Waals surface area contributed by atoms with Gasteiger partial charge in [0.25, 0.3) is 0 Å². The lowest BCUT2D eigenvalue weighted by molar-refractivity contribution is 0.0857. The monoisotopic (exact) mass is 291 g/mol. The van der Waals surface area contributed by atoms with Gasteiger partial charge in [0, 0.05) is 12.6 Å². The Balaban J connectivity index is 1.86. The minimum atomic E-state index is -0.426. The highest BCUT2D eigenvalue weighted by Gasteiger charge is 2.23. The number of hydrogen-bond donors (Lipinski definition) is 1. The molecule has 0 bridgehead atoms. The highest BCUT2D eigenvalue weighted by Crippen LogP contribution is 2.27. The molecule has 0 heterocycles. The molecule has 0 aliphatic heterocycles. The van der Waals surface area contributed by atoms with Crippen molar-refractivity contribution >= 4 is 0 Å². The molecule has 3 nitrogen and oxygen atoms in total. The lowest BCUT2D eigenvalue weighted by atomic mass is 9.86. The van der Waals surface area contributed by atoms with Gasteiger partial charge < -0.3 is 14.7 Å². The first-order chi connectivity index (χ1) is 10.1. The molecular formula is C18H29NO2. The van der Waals surface area contributed by atoms with E-state index in [0.717, 1.165) is 17.2 Å². The van der Waals surface area contributed by atoms with E-state index in [-0.39, 0.29) is 0 Å². The van der Waals surface area contributed by atoms with Crippen LogP contribution in [0.15, 0.2) is 24.3 Å². The summed E-state index contributed by atoms with van der Waals surface area (Å²) in [6, 6.07) is 8.42. The summed E-state index contributed by atoms with van der Waals surface area (Å²) in [6.45, 7) is 5.69. The molecule has 1 atom stereocenters. The molecule has 1 saturated carbocycles. The summed E-state index contributed by atoms with van der Waals surface area (Å²) in [5.74, 6) is 1.73. The number of ether oxygens (including phenoxy) is 1. The Kier molecular flexibility index (Phi) is 6.07. The number of nitrogens with zero attached hydrogens (tertiary/aromatic N) is 1. The molecule has 0 aromatic heterocycles. The molecule has 0 saturated heterocycles. The topological polar surface area (TPSA) is 32.7 Å². The Labute approximate surface area is 128 Å². The summed E-state index contributed by atoms with van der Waals surface area (Å²) in [6.07, 6.45) is 4.72. The lowest BCUT2D eigenvalue weighted by Crippen LogP contribution is -2.37. The van der Waals surface area contributed by atoms with Crippen molar-refractivity contribution in [3.63, 3.8) is 0 Å². The van der Waals surface area contributed by atoms with Crippen LogP contribution < -0.4 is 4.74 Å². The van der Waals surface area contributed by atoms with E-state index >= 15 is 0 Å². The van der Waals surface area contributed by atoms with Crippen LogP contribution in [0, 0.1) is 5.92 Å². The van der Waals surface area contributed by atoms with Gasteiger partial charge in [-0.3, -0.25) is 0 Å². The number of hydrogen-bond acceptors (Lipinski definition) is 3. The molecule has 1 aliphatic rings. The maximum absolute atomic E-state index is 10.4. The quantitative estimate of drug-likeness (QED) is 0.868. The van der Waals surface area contributed by atoms with Gasteiger partial charge in [-0.2, -0.15) is 0 Å². The number of benzene rings is 1. The number of rotatable bonds is 6. The molecule has 118 valence electrons. The molecule has 1 unspecified atom stereocenters. The Morgan fingerprint density at radius 2 is 1.81 bits per heavy atom. The summed E-state index contributed by atoms with van der Waals surface area (Å²) in [5.41, 5.74) is 0.967. The summed E-state index contributed by atoms with van der Waals surface area (Å²) in [7, 11) is 2.14. The van der Waals surface area contributed by atoms with Crippen molar-refractivity contribution in [2.45, 2.75) is 51.7 Å². The molecule has 0 amide bonds. The van der Waals surface area contributed by atoms with Crippen molar-refractivity contribution in [2.24, 2.45) is 5.92 Å². The summed E-state index contributed by atoms with van der Waals surface area (Å²) >= 11 is 0. The zero-order chi connectivity index (χ0) is 15.2. The van der Waals surface area contributed by atoms with Crippen LogP contribution in [0.2, 0.25) is 0 Å². The third kappa shape index (κ3) is 4.72. The van der Waals surface area contributed by atoms with Gasteiger partial charge in [-0.1, -0.05) is 19.1 Å². The van der Waals surface area contributed by atoms with Crippen molar-refractivity contribution in [3.8, 4) is 5.75 Å². The highest BCUT2D eigenvalue weighted by atomic mass is 16.5. The van der Waals surface area contributed by atoms with Gasteiger partial charge in [0.2, 0.25) is 0 Å². The van der Waals surface area contributed by atoms with Gasteiger partial charge in [0.15, 0.2) is 0 Å². The minimum absolute atomic E-state index is 0.426.